The number of hydrogen-bond donors (Lipinski definition) is 1. The molecule has 0 spiro atoms. The predicted molar refractivity (Wildman–Crippen MR) is 98.3 cm³/mol. The van der Waals surface area contributed by atoms with Crippen molar-refractivity contribution in [3.8, 4) is 5.75 Å². The minimum atomic E-state index is 0.271. The summed E-state index contributed by atoms with van der Waals surface area (Å²) in [6, 6.07) is 4.91. The minimum Gasteiger partial charge on any atom is -0.490 e. The van der Waals surface area contributed by atoms with E-state index >= 15 is 0 Å². The van der Waals surface area contributed by atoms with E-state index in [-0.39, 0.29) is 6.10 Å². The number of morpholine rings is 1. The van der Waals surface area contributed by atoms with E-state index in [1.54, 1.807) is 6.33 Å². The molecule has 0 atom stereocenters. The van der Waals surface area contributed by atoms with Crippen LogP contribution in [0.1, 0.15) is 25.7 Å². The molecule has 2 heterocycles. The van der Waals surface area contributed by atoms with Crippen molar-refractivity contribution in [1.29, 1.82) is 0 Å². The lowest BCUT2D eigenvalue weighted by Gasteiger charge is -2.31. The van der Waals surface area contributed by atoms with Gasteiger partial charge in [0, 0.05) is 37.1 Å². The third-order valence-corrected chi connectivity index (χ3v) is 5.32. The maximum atomic E-state index is 6.43. The van der Waals surface area contributed by atoms with Crippen LogP contribution in [0.2, 0.25) is 0 Å². The van der Waals surface area contributed by atoms with Gasteiger partial charge >= 0.3 is 0 Å². The van der Waals surface area contributed by atoms with Crippen LogP contribution in [0.25, 0.3) is 10.9 Å². The molecule has 2 fully saturated rings. The van der Waals surface area contributed by atoms with Crippen molar-refractivity contribution >= 4 is 16.6 Å². The standard InChI is InChI=1S/C19H26N4O2/c1-20-14-2-4-16(5-3-14)25-19-11-15(23-6-8-24-9-7-23)10-18-17(19)12-21-13-22-18/h10-14,16,20H,2-9H2,1H3. The lowest BCUT2D eigenvalue weighted by molar-refractivity contribution is 0.122. The van der Waals surface area contributed by atoms with Gasteiger partial charge in [-0.25, -0.2) is 9.97 Å². The van der Waals surface area contributed by atoms with E-state index in [1.165, 1.54) is 12.8 Å². The van der Waals surface area contributed by atoms with Gasteiger partial charge in [-0.05, 0) is 38.8 Å². The van der Waals surface area contributed by atoms with E-state index in [2.05, 4.69) is 32.3 Å². The maximum Gasteiger partial charge on any atom is 0.132 e. The van der Waals surface area contributed by atoms with Crippen molar-refractivity contribution in [3.05, 3.63) is 24.7 Å². The first-order valence-electron chi connectivity index (χ1n) is 9.24. The van der Waals surface area contributed by atoms with Gasteiger partial charge in [-0.3, -0.25) is 0 Å². The van der Waals surface area contributed by atoms with Crippen molar-refractivity contribution in [2.45, 2.75) is 37.8 Å². The Balaban J connectivity index is 1.60. The van der Waals surface area contributed by atoms with E-state index < -0.39 is 0 Å². The second-order valence-electron chi connectivity index (χ2n) is 6.88. The fraction of sp³-hybridized carbons (Fsp3) is 0.579. The van der Waals surface area contributed by atoms with Crippen LogP contribution < -0.4 is 15.0 Å². The van der Waals surface area contributed by atoms with Crippen molar-refractivity contribution in [2.24, 2.45) is 0 Å². The topological polar surface area (TPSA) is 59.5 Å². The molecule has 0 amide bonds. The summed E-state index contributed by atoms with van der Waals surface area (Å²) in [5, 5.41) is 4.37. The van der Waals surface area contributed by atoms with Gasteiger partial charge in [0.05, 0.1) is 30.2 Å². The summed E-state index contributed by atoms with van der Waals surface area (Å²) in [5.74, 6) is 0.910. The zero-order chi connectivity index (χ0) is 17.1. The van der Waals surface area contributed by atoms with E-state index in [9.17, 15) is 0 Å². The Kier molecular flexibility index (Phi) is 4.99. The average molecular weight is 342 g/mol. The maximum absolute atomic E-state index is 6.43. The first kappa shape index (κ1) is 16.5. The molecule has 1 aromatic heterocycles. The monoisotopic (exact) mass is 342 g/mol. The van der Waals surface area contributed by atoms with Gasteiger partial charge in [-0.15, -0.1) is 0 Å². The third kappa shape index (κ3) is 3.70. The zero-order valence-electron chi connectivity index (χ0n) is 14.8. The number of hydrogen-bond acceptors (Lipinski definition) is 6. The summed E-state index contributed by atoms with van der Waals surface area (Å²) in [6.07, 6.45) is 8.24. The molecule has 1 aliphatic heterocycles. The molecule has 6 nitrogen and oxygen atoms in total. The second kappa shape index (κ2) is 7.54. The van der Waals surface area contributed by atoms with E-state index in [4.69, 9.17) is 9.47 Å². The molecule has 25 heavy (non-hydrogen) atoms. The highest BCUT2D eigenvalue weighted by molar-refractivity contribution is 5.88. The van der Waals surface area contributed by atoms with E-state index in [1.807, 2.05) is 13.2 Å². The number of fused-ring (bicyclic) bond motifs is 1. The molecule has 1 aliphatic carbocycles. The zero-order valence-corrected chi connectivity index (χ0v) is 14.8. The number of ether oxygens (including phenoxy) is 2. The third-order valence-electron chi connectivity index (χ3n) is 5.32. The van der Waals surface area contributed by atoms with Crippen molar-refractivity contribution in [2.75, 3.05) is 38.3 Å². The van der Waals surface area contributed by atoms with Gasteiger partial charge in [0.2, 0.25) is 0 Å². The second-order valence-corrected chi connectivity index (χ2v) is 6.88. The molecular formula is C19H26N4O2. The highest BCUT2D eigenvalue weighted by atomic mass is 16.5. The molecular weight excluding hydrogens is 316 g/mol. The first-order chi connectivity index (χ1) is 12.3. The predicted octanol–water partition coefficient (Wildman–Crippen LogP) is 2.38. The van der Waals surface area contributed by atoms with Crippen molar-refractivity contribution < 1.29 is 9.47 Å². The molecule has 0 unspecified atom stereocenters. The van der Waals surface area contributed by atoms with Crippen LogP contribution in [0.5, 0.6) is 5.75 Å². The van der Waals surface area contributed by atoms with Crippen LogP contribution in [0.3, 0.4) is 0 Å². The Hall–Kier alpha value is -1.92. The number of benzene rings is 1. The highest BCUT2D eigenvalue weighted by Crippen LogP contribution is 2.33. The molecule has 1 N–H and O–H groups in total. The van der Waals surface area contributed by atoms with Gasteiger partial charge in [0.1, 0.15) is 12.1 Å². The Labute approximate surface area is 148 Å². The van der Waals surface area contributed by atoms with Gasteiger partial charge in [0.25, 0.3) is 0 Å². The van der Waals surface area contributed by atoms with Gasteiger partial charge in [0.15, 0.2) is 0 Å². The number of aromatic nitrogens is 2. The molecule has 2 aliphatic rings. The van der Waals surface area contributed by atoms with Crippen LogP contribution in [0.15, 0.2) is 24.7 Å². The Bertz CT molecular complexity index is 710. The summed E-state index contributed by atoms with van der Waals surface area (Å²) in [5.41, 5.74) is 2.10. The number of nitrogens with zero attached hydrogens (tertiary/aromatic N) is 3. The van der Waals surface area contributed by atoms with Gasteiger partial charge in [-0.2, -0.15) is 0 Å². The highest BCUT2D eigenvalue weighted by Gasteiger charge is 2.23. The Morgan fingerprint density at radius 1 is 1.16 bits per heavy atom. The van der Waals surface area contributed by atoms with Gasteiger partial charge in [-0.1, -0.05) is 0 Å². The molecule has 134 valence electrons. The first-order valence-corrected chi connectivity index (χ1v) is 9.24. The average Bonchev–Trinajstić information content (AvgIpc) is 2.69. The summed E-state index contributed by atoms with van der Waals surface area (Å²) in [6.45, 7) is 3.35. The van der Waals surface area contributed by atoms with Crippen LogP contribution in [0.4, 0.5) is 5.69 Å². The Morgan fingerprint density at radius 3 is 2.72 bits per heavy atom. The van der Waals surface area contributed by atoms with Crippen LogP contribution in [-0.2, 0) is 4.74 Å². The summed E-state index contributed by atoms with van der Waals surface area (Å²) in [7, 11) is 2.04. The Morgan fingerprint density at radius 2 is 1.96 bits per heavy atom. The smallest absolute Gasteiger partial charge is 0.132 e. The van der Waals surface area contributed by atoms with Gasteiger partial charge < -0.3 is 19.7 Å². The molecule has 0 radical (unpaired) electrons. The van der Waals surface area contributed by atoms with E-state index in [0.717, 1.165) is 61.5 Å². The minimum absolute atomic E-state index is 0.271. The van der Waals surface area contributed by atoms with E-state index in [0.29, 0.717) is 6.04 Å². The normalized spacial score (nSPS) is 24.4. The SMILES string of the molecule is CNC1CCC(Oc2cc(N3CCOCC3)cc3ncncc23)CC1. The summed E-state index contributed by atoms with van der Waals surface area (Å²) >= 11 is 0. The van der Waals surface area contributed by atoms with Crippen LogP contribution >= 0.6 is 0 Å². The van der Waals surface area contributed by atoms with Crippen molar-refractivity contribution in [3.63, 3.8) is 0 Å². The molecule has 2 aromatic rings. The number of anilines is 1. The fourth-order valence-electron chi connectivity index (χ4n) is 3.79. The fourth-order valence-corrected chi connectivity index (χ4v) is 3.79. The summed E-state index contributed by atoms with van der Waals surface area (Å²) < 4.78 is 11.9. The number of nitrogens with one attached hydrogen (secondary N) is 1. The molecule has 1 aromatic carbocycles. The summed E-state index contributed by atoms with van der Waals surface area (Å²) in [4.78, 5) is 11.0. The molecule has 4 rings (SSSR count). The number of rotatable bonds is 4. The lowest BCUT2D eigenvalue weighted by Crippen LogP contribution is -2.36. The van der Waals surface area contributed by atoms with Crippen LogP contribution in [-0.4, -0.2) is 55.5 Å². The van der Waals surface area contributed by atoms with Crippen LogP contribution in [0, 0.1) is 0 Å². The van der Waals surface area contributed by atoms with Crippen molar-refractivity contribution in [1.82, 2.24) is 15.3 Å². The quantitative estimate of drug-likeness (QED) is 0.921. The molecule has 1 saturated heterocycles. The lowest BCUT2D eigenvalue weighted by atomic mass is 9.93. The molecule has 0 bridgehead atoms. The molecule has 6 heteroatoms. The molecule has 1 saturated carbocycles. The largest absolute Gasteiger partial charge is 0.490 e.